The number of nitrogens with one attached hydrogen (secondary N) is 3. The van der Waals surface area contributed by atoms with Gasteiger partial charge in [-0.2, -0.15) is 0 Å². The lowest BCUT2D eigenvalue weighted by Crippen LogP contribution is -2.32. The SMILES string of the molecule is C#CC(CC)NC1=C(Nc2cccc(C(=O)N(C)C)c2O)C(=O)NC1=O. The second-order valence-electron chi connectivity index (χ2n) is 5.83. The quantitative estimate of drug-likeness (QED) is 0.333. The fourth-order valence-corrected chi connectivity index (χ4v) is 2.34. The van der Waals surface area contributed by atoms with Crippen molar-refractivity contribution in [2.45, 2.75) is 19.4 Å². The molecule has 0 aliphatic carbocycles. The van der Waals surface area contributed by atoms with Crippen LogP contribution < -0.4 is 16.0 Å². The van der Waals surface area contributed by atoms with Crippen molar-refractivity contribution in [3.05, 3.63) is 35.2 Å². The Labute approximate surface area is 151 Å². The minimum Gasteiger partial charge on any atom is -0.505 e. The summed E-state index contributed by atoms with van der Waals surface area (Å²) in [5.41, 5.74) is 0.0949. The van der Waals surface area contributed by atoms with Crippen LogP contribution in [0.2, 0.25) is 0 Å². The number of phenols is 1. The molecule has 136 valence electrons. The Kier molecular flexibility index (Phi) is 5.52. The molecule has 3 amide bonds. The zero-order chi connectivity index (χ0) is 19.4. The van der Waals surface area contributed by atoms with Crippen molar-refractivity contribution in [3.63, 3.8) is 0 Å². The van der Waals surface area contributed by atoms with E-state index in [1.165, 1.54) is 17.0 Å². The summed E-state index contributed by atoms with van der Waals surface area (Å²) in [4.78, 5) is 37.5. The number of terminal acetylenes is 1. The van der Waals surface area contributed by atoms with Gasteiger partial charge in [-0.15, -0.1) is 6.42 Å². The van der Waals surface area contributed by atoms with Crippen molar-refractivity contribution in [1.82, 2.24) is 15.5 Å². The highest BCUT2D eigenvalue weighted by molar-refractivity contribution is 6.20. The first kappa shape index (κ1) is 18.9. The number of imide groups is 1. The van der Waals surface area contributed by atoms with Crippen LogP contribution in [0.3, 0.4) is 0 Å². The van der Waals surface area contributed by atoms with E-state index in [9.17, 15) is 19.5 Å². The maximum atomic E-state index is 12.1. The first-order chi connectivity index (χ1) is 12.3. The van der Waals surface area contributed by atoms with Crippen molar-refractivity contribution < 1.29 is 19.5 Å². The predicted molar refractivity (Wildman–Crippen MR) is 96.0 cm³/mol. The predicted octanol–water partition coefficient (Wildman–Crippen LogP) is 0.375. The van der Waals surface area contributed by atoms with Gasteiger partial charge in [0.15, 0.2) is 5.75 Å². The molecule has 8 heteroatoms. The summed E-state index contributed by atoms with van der Waals surface area (Å²) in [7, 11) is 3.11. The van der Waals surface area contributed by atoms with Gasteiger partial charge in [-0.25, -0.2) is 0 Å². The molecule has 26 heavy (non-hydrogen) atoms. The van der Waals surface area contributed by atoms with Gasteiger partial charge in [-0.3, -0.25) is 19.7 Å². The molecular weight excluding hydrogens is 336 g/mol. The number of hydrogen-bond acceptors (Lipinski definition) is 6. The zero-order valence-corrected chi connectivity index (χ0v) is 14.7. The second kappa shape index (κ2) is 7.61. The molecule has 0 bridgehead atoms. The maximum absolute atomic E-state index is 12.1. The lowest BCUT2D eigenvalue weighted by Gasteiger charge is -2.16. The lowest BCUT2D eigenvalue weighted by atomic mass is 10.1. The summed E-state index contributed by atoms with van der Waals surface area (Å²) in [6.45, 7) is 1.84. The fraction of sp³-hybridized carbons (Fsp3) is 0.278. The Bertz CT molecular complexity index is 836. The topological polar surface area (TPSA) is 111 Å². The molecule has 1 aliphatic rings. The summed E-state index contributed by atoms with van der Waals surface area (Å²) in [6, 6.07) is 4.06. The van der Waals surface area contributed by atoms with Crippen molar-refractivity contribution in [2.24, 2.45) is 0 Å². The molecular formula is C18H20N4O4. The number of aromatic hydroxyl groups is 1. The first-order valence-corrected chi connectivity index (χ1v) is 7.93. The summed E-state index contributed by atoms with van der Waals surface area (Å²) >= 11 is 0. The normalized spacial score (nSPS) is 14.5. The van der Waals surface area contributed by atoms with Crippen LogP contribution >= 0.6 is 0 Å². The number of phenolic OH excluding ortho intramolecular Hbond substituents is 1. The van der Waals surface area contributed by atoms with E-state index >= 15 is 0 Å². The molecule has 0 aromatic heterocycles. The summed E-state index contributed by atoms with van der Waals surface area (Å²) < 4.78 is 0. The number of carbonyl (C=O) groups is 3. The molecule has 0 radical (unpaired) electrons. The van der Waals surface area contributed by atoms with Gasteiger partial charge in [0.25, 0.3) is 17.7 Å². The largest absolute Gasteiger partial charge is 0.505 e. The van der Waals surface area contributed by atoms with E-state index in [4.69, 9.17) is 6.42 Å². The number of rotatable bonds is 6. The van der Waals surface area contributed by atoms with Gasteiger partial charge in [0.05, 0.1) is 17.3 Å². The molecule has 1 aromatic rings. The van der Waals surface area contributed by atoms with Crippen LogP contribution in [0.1, 0.15) is 23.7 Å². The highest BCUT2D eigenvalue weighted by Gasteiger charge is 2.32. The van der Waals surface area contributed by atoms with Crippen LogP contribution in [0.5, 0.6) is 5.75 Å². The van der Waals surface area contributed by atoms with Crippen LogP contribution in [0.15, 0.2) is 29.6 Å². The van der Waals surface area contributed by atoms with Crippen LogP contribution in [0.25, 0.3) is 0 Å². The van der Waals surface area contributed by atoms with Gasteiger partial charge < -0.3 is 20.6 Å². The molecule has 2 rings (SSSR count). The van der Waals surface area contributed by atoms with Crippen molar-refractivity contribution in [2.75, 3.05) is 19.4 Å². The standard InChI is InChI=1S/C18H20N4O4/c1-5-10(6-2)19-13-14(17(25)21-16(13)24)20-12-9-7-8-11(15(12)23)18(26)22(3)4/h1,7-10,23H,6H2,2-4H3,(H3,19,20,21,24,25). The van der Waals surface area contributed by atoms with Crippen LogP contribution in [-0.2, 0) is 9.59 Å². The molecule has 0 saturated carbocycles. The average molecular weight is 356 g/mol. The number of nitrogens with zero attached hydrogens (tertiary/aromatic N) is 1. The third-order valence-electron chi connectivity index (χ3n) is 3.79. The molecule has 1 atom stereocenters. The van der Waals surface area contributed by atoms with Gasteiger partial charge in [0.1, 0.15) is 11.4 Å². The number of anilines is 1. The van der Waals surface area contributed by atoms with E-state index in [1.54, 1.807) is 20.2 Å². The van der Waals surface area contributed by atoms with E-state index in [0.717, 1.165) is 0 Å². The highest BCUT2D eigenvalue weighted by Crippen LogP contribution is 2.30. The molecule has 0 fully saturated rings. The molecule has 4 N–H and O–H groups in total. The molecule has 8 nitrogen and oxygen atoms in total. The third kappa shape index (κ3) is 3.62. The van der Waals surface area contributed by atoms with E-state index in [-0.39, 0.29) is 28.4 Å². The van der Waals surface area contributed by atoms with E-state index < -0.39 is 23.8 Å². The number of benzene rings is 1. The molecule has 0 spiro atoms. The van der Waals surface area contributed by atoms with E-state index in [1.807, 2.05) is 6.92 Å². The molecule has 1 aromatic carbocycles. The summed E-state index contributed by atoms with van der Waals surface area (Å²) in [6.07, 6.45) is 5.94. The van der Waals surface area contributed by atoms with E-state index in [0.29, 0.717) is 6.42 Å². The van der Waals surface area contributed by atoms with Crippen LogP contribution in [0, 0.1) is 12.3 Å². The highest BCUT2D eigenvalue weighted by atomic mass is 16.3. The van der Waals surface area contributed by atoms with Crippen LogP contribution in [0.4, 0.5) is 5.69 Å². The third-order valence-corrected chi connectivity index (χ3v) is 3.79. The average Bonchev–Trinajstić information content (AvgIpc) is 2.87. The molecule has 0 saturated heterocycles. The van der Waals surface area contributed by atoms with Gasteiger partial charge in [0, 0.05) is 14.1 Å². The zero-order valence-electron chi connectivity index (χ0n) is 14.7. The number of amides is 3. The number of para-hydroxylation sites is 1. The lowest BCUT2D eigenvalue weighted by molar-refractivity contribution is -0.124. The van der Waals surface area contributed by atoms with Crippen molar-refractivity contribution in [3.8, 4) is 18.1 Å². The minimum absolute atomic E-state index is 0.0106. The summed E-state index contributed by atoms with van der Waals surface area (Å²) in [5, 5.41) is 18.1. The molecule has 1 heterocycles. The second-order valence-corrected chi connectivity index (χ2v) is 5.83. The smallest absolute Gasteiger partial charge is 0.276 e. The molecule has 1 unspecified atom stereocenters. The van der Waals surface area contributed by atoms with Crippen LogP contribution in [-0.4, -0.2) is 47.9 Å². The van der Waals surface area contributed by atoms with Gasteiger partial charge in [-0.05, 0) is 18.6 Å². The minimum atomic E-state index is -0.659. The van der Waals surface area contributed by atoms with Crippen molar-refractivity contribution >= 4 is 23.4 Å². The number of hydrogen-bond donors (Lipinski definition) is 4. The fourth-order valence-electron chi connectivity index (χ4n) is 2.34. The van der Waals surface area contributed by atoms with Gasteiger partial charge in [0.2, 0.25) is 0 Å². The Hall–Kier alpha value is -3.47. The van der Waals surface area contributed by atoms with Gasteiger partial charge in [-0.1, -0.05) is 18.9 Å². The van der Waals surface area contributed by atoms with E-state index in [2.05, 4.69) is 21.9 Å². The Morgan fingerprint density at radius 1 is 1.31 bits per heavy atom. The Balaban J connectivity index is 2.41. The van der Waals surface area contributed by atoms with Crippen molar-refractivity contribution in [1.29, 1.82) is 0 Å². The first-order valence-electron chi connectivity index (χ1n) is 7.93. The molecule has 1 aliphatic heterocycles. The Morgan fingerprint density at radius 3 is 2.54 bits per heavy atom. The Morgan fingerprint density at radius 2 is 1.96 bits per heavy atom. The maximum Gasteiger partial charge on any atom is 0.276 e. The van der Waals surface area contributed by atoms with Gasteiger partial charge >= 0.3 is 0 Å². The monoisotopic (exact) mass is 356 g/mol. The summed E-state index contributed by atoms with van der Waals surface area (Å²) in [5.74, 6) is 0.480. The number of carbonyl (C=O) groups excluding carboxylic acids is 3.